The van der Waals surface area contributed by atoms with E-state index in [-0.39, 0.29) is 0 Å². The summed E-state index contributed by atoms with van der Waals surface area (Å²) >= 11 is 5.85. The second kappa shape index (κ2) is 4.90. The van der Waals surface area contributed by atoms with Crippen molar-refractivity contribution in [1.82, 2.24) is 0 Å². The number of anilines is 2. The third-order valence-corrected chi connectivity index (χ3v) is 2.83. The number of halogens is 1. The molecule has 2 nitrogen and oxygen atoms in total. The van der Waals surface area contributed by atoms with Gasteiger partial charge in [0.05, 0.1) is 6.57 Å². The summed E-state index contributed by atoms with van der Waals surface area (Å²) in [5.41, 5.74) is 2.54. The lowest BCUT2D eigenvalue weighted by Gasteiger charge is -2.20. The highest BCUT2D eigenvalue weighted by molar-refractivity contribution is 6.30. The number of benzene rings is 2. The maximum absolute atomic E-state index is 7.15. The van der Waals surface area contributed by atoms with Crippen molar-refractivity contribution in [3.63, 3.8) is 0 Å². The van der Waals surface area contributed by atoms with E-state index in [9.17, 15) is 0 Å². The van der Waals surface area contributed by atoms with Gasteiger partial charge in [0.1, 0.15) is 0 Å². The fourth-order valence-corrected chi connectivity index (χ4v) is 1.77. The molecule has 0 fully saturated rings. The van der Waals surface area contributed by atoms with Crippen LogP contribution >= 0.6 is 11.6 Å². The first-order valence-corrected chi connectivity index (χ1v) is 5.56. The lowest BCUT2D eigenvalue weighted by Crippen LogP contribution is -2.08. The first-order valence-electron chi connectivity index (χ1n) is 5.18. The molecule has 0 atom stereocenters. The molecule has 0 N–H and O–H groups in total. The minimum atomic E-state index is 0.643. The van der Waals surface area contributed by atoms with Crippen molar-refractivity contribution in [2.75, 3.05) is 11.9 Å². The van der Waals surface area contributed by atoms with Crippen molar-refractivity contribution >= 4 is 28.7 Å². The van der Waals surface area contributed by atoms with Gasteiger partial charge in [-0.2, -0.15) is 0 Å². The molecule has 84 valence electrons. The number of para-hydroxylation sites is 2. The van der Waals surface area contributed by atoms with E-state index >= 15 is 0 Å². The Bertz CT molecular complexity index is 555. The van der Waals surface area contributed by atoms with Gasteiger partial charge in [-0.25, -0.2) is 4.85 Å². The fourth-order valence-electron chi connectivity index (χ4n) is 1.65. The van der Waals surface area contributed by atoms with Crippen LogP contribution in [0.15, 0.2) is 48.5 Å². The Morgan fingerprint density at radius 2 is 1.71 bits per heavy atom. The lowest BCUT2D eigenvalue weighted by atomic mass is 10.2. The first-order chi connectivity index (χ1) is 8.22. The molecule has 0 aliphatic carbocycles. The quantitative estimate of drug-likeness (QED) is 0.695. The molecule has 2 aromatic carbocycles. The average molecular weight is 243 g/mol. The molecule has 0 heterocycles. The summed E-state index contributed by atoms with van der Waals surface area (Å²) in [6, 6.07) is 15.1. The van der Waals surface area contributed by atoms with Gasteiger partial charge in [-0.15, -0.1) is 0 Å². The van der Waals surface area contributed by atoms with Gasteiger partial charge in [-0.3, -0.25) is 0 Å². The molecule has 0 radical (unpaired) electrons. The van der Waals surface area contributed by atoms with Crippen molar-refractivity contribution in [2.45, 2.75) is 0 Å². The Morgan fingerprint density at radius 1 is 1.06 bits per heavy atom. The summed E-state index contributed by atoms with van der Waals surface area (Å²) in [6.45, 7) is 7.15. The van der Waals surface area contributed by atoms with Gasteiger partial charge in [-0.05, 0) is 30.3 Å². The zero-order valence-electron chi connectivity index (χ0n) is 9.39. The molecule has 0 bridgehead atoms. The molecule has 2 aromatic rings. The van der Waals surface area contributed by atoms with Crippen molar-refractivity contribution < 1.29 is 0 Å². The molecule has 0 aliphatic rings. The summed E-state index contributed by atoms with van der Waals surface area (Å²) in [4.78, 5) is 5.49. The van der Waals surface area contributed by atoms with Crippen LogP contribution in [0.5, 0.6) is 0 Å². The summed E-state index contributed by atoms with van der Waals surface area (Å²) in [5.74, 6) is 0. The van der Waals surface area contributed by atoms with Gasteiger partial charge >= 0.3 is 0 Å². The van der Waals surface area contributed by atoms with Crippen LogP contribution in [0.4, 0.5) is 17.1 Å². The Labute approximate surface area is 106 Å². The molecular weight excluding hydrogens is 232 g/mol. The van der Waals surface area contributed by atoms with Crippen molar-refractivity contribution in [3.05, 3.63) is 65.0 Å². The van der Waals surface area contributed by atoms with Crippen LogP contribution in [0.25, 0.3) is 4.85 Å². The standard InChI is InChI=1S/C14H11ClN2/c1-16-13-5-3-4-6-14(13)17(2)12-9-7-11(15)8-10-12/h3-10H,2H3. The minimum Gasteiger partial charge on any atom is -0.354 e. The van der Waals surface area contributed by atoms with E-state index in [1.165, 1.54) is 0 Å². The zero-order valence-corrected chi connectivity index (χ0v) is 10.1. The Hall–Kier alpha value is -1.98. The number of rotatable bonds is 2. The van der Waals surface area contributed by atoms with Crippen molar-refractivity contribution in [1.29, 1.82) is 0 Å². The molecule has 0 saturated heterocycles. The van der Waals surface area contributed by atoms with E-state index in [2.05, 4.69) is 4.85 Å². The number of hydrogen-bond acceptors (Lipinski definition) is 1. The van der Waals surface area contributed by atoms with Gasteiger partial charge in [-0.1, -0.05) is 29.8 Å². The highest BCUT2D eigenvalue weighted by Gasteiger charge is 2.08. The fraction of sp³-hybridized carbons (Fsp3) is 0.0714. The van der Waals surface area contributed by atoms with E-state index in [0.29, 0.717) is 10.7 Å². The average Bonchev–Trinajstić information content (AvgIpc) is 2.39. The van der Waals surface area contributed by atoms with Gasteiger partial charge < -0.3 is 4.90 Å². The first kappa shape index (κ1) is 11.5. The number of nitrogens with zero attached hydrogens (tertiary/aromatic N) is 2. The van der Waals surface area contributed by atoms with Gasteiger partial charge in [0.25, 0.3) is 0 Å². The van der Waals surface area contributed by atoms with E-state index in [0.717, 1.165) is 11.4 Å². The van der Waals surface area contributed by atoms with Gasteiger partial charge in [0, 0.05) is 23.4 Å². The molecule has 2 rings (SSSR count). The monoisotopic (exact) mass is 242 g/mol. The maximum Gasteiger partial charge on any atom is 0.210 e. The van der Waals surface area contributed by atoms with Crippen molar-refractivity contribution in [3.8, 4) is 0 Å². The Kier molecular flexibility index (Phi) is 3.32. The van der Waals surface area contributed by atoms with Crippen molar-refractivity contribution in [2.24, 2.45) is 0 Å². The summed E-state index contributed by atoms with van der Waals surface area (Å²) in [5, 5.41) is 0.709. The third kappa shape index (κ3) is 2.41. The summed E-state index contributed by atoms with van der Waals surface area (Å²) in [7, 11) is 1.94. The maximum atomic E-state index is 7.15. The highest BCUT2D eigenvalue weighted by Crippen LogP contribution is 2.32. The molecule has 0 amide bonds. The molecule has 0 saturated carbocycles. The molecule has 0 aliphatic heterocycles. The van der Waals surface area contributed by atoms with Crippen LogP contribution in [-0.2, 0) is 0 Å². The van der Waals surface area contributed by atoms with Crippen LogP contribution in [0.1, 0.15) is 0 Å². The number of hydrogen-bond donors (Lipinski definition) is 0. The molecule has 3 heteroatoms. The van der Waals surface area contributed by atoms with Gasteiger partial charge in [0.15, 0.2) is 0 Å². The predicted molar refractivity (Wildman–Crippen MR) is 72.2 cm³/mol. The molecule has 0 spiro atoms. The van der Waals surface area contributed by atoms with Crippen LogP contribution in [0, 0.1) is 6.57 Å². The van der Waals surface area contributed by atoms with Crippen LogP contribution in [0.3, 0.4) is 0 Å². The smallest absolute Gasteiger partial charge is 0.210 e. The van der Waals surface area contributed by atoms with E-state index in [1.807, 2.05) is 60.5 Å². The Balaban J connectivity index is 2.40. The topological polar surface area (TPSA) is 7.60 Å². The van der Waals surface area contributed by atoms with E-state index < -0.39 is 0 Å². The predicted octanol–water partition coefficient (Wildman–Crippen LogP) is 4.66. The minimum absolute atomic E-state index is 0.643. The zero-order chi connectivity index (χ0) is 12.3. The highest BCUT2D eigenvalue weighted by atomic mass is 35.5. The molecule has 17 heavy (non-hydrogen) atoms. The lowest BCUT2D eigenvalue weighted by molar-refractivity contribution is 1.21. The Morgan fingerprint density at radius 3 is 2.35 bits per heavy atom. The summed E-state index contributed by atoms with van der Waals surface area (Å²) in [6.07, 6.45) is 0. The summed E-state index contributed by atoms with van der Waals surface area (Å²) < 4.78 is 0. The molecule has 0 unspecified atom stereocenters. The largest absolute Gasteiger partial charge is 0.354 e. The second-order valence-electron chi connectivity index (χ2n) is 3.64. The van der Waals surface area contributed by atoms with Crippen LogP contribution < -0.4 is 4.90 Å². The normalized spacial score (nSPS) is 9.71. The third-order valence-electron chi connectivity index (χ3n) is 2.58. The van der Waals surface area contributed by atoms with E-state index in [1.54, 1.807) is 0 Å². The van der Waals surface area contributed by atoms with E-state index in [4.69, 9.17) is 18.2 Å². The van der Waals surface area contributed by atoms with Crippen LogP contribution in [-0.4, -0.2) is 7.05 Å². The molecular formula is C14H11ClN2. The van der Waals surface area contributed by atoms with Crippen LogP contribution in [0.2, 0.25) is 5.02 Å². The second-order valence-corrected chi connectivity index (χ2v) is 4.07. The SMILES string of the molecule is [C-]#[N+]c1ccccc1N(C)c1ccc(Cl)cc1. The van der Waals surface area contributed by atoms with Gasteiger partial charge in [0.2, 0.25) is 5.69 Å². The molecule has 0 aromatic heterocycles.